The van der Waals surface area contributed by atoms with Crippen molar-refractivity contribution in [3.8, 4) is 45.3 Å². The van der Waals surface area contributed by atoms with E-state index in [4.69, 9.17) is 21.1 Å². The summed E-state index contributed by atoms with van der Waals surface area (Å²) in [6.45, 7) is 4.80. The maximum atomic E-state index is 14.8. The molecule has 2 atom stereocenters. The average Bonchev–Trinajstić information content (AvgIpc) is 3.00. The molecule has 4 aromatic rings. The molecule has 8 nitrogen and oxygen atoms in total. The van der Waals surface area contributed by atoms with E-state index in [0.29, 0.717) is 48.7 Å². The van der Waals surface area contributed by atoms with E-state index >= 15 is 0 Å². The topological polar surface area (TPSA) is 109 Å². The van der Waals surface area contributed by atoms with Gasteiger partial charge in [0.05, 0.1) is 48.4 Å². The molecule has 12 heteroatoms. The van der Waals surface area contributed by atoms with Gasteiger partial charge in [0.1, 0.15) is 5.75 Å². The quantitative estimate of drug-likeness (QED) is 0.138. The molecule has 4 N–H and O–H groups in total. The minimum atomic E-state index is -4.75. The van der Waals surface area contributed by atoms with Crippen molar-refractivity contribution in [2.75, 3.05) is 27.3 Å². The van der Waals surface area contributed by atoms with Crippen LogP contribution in [0, 0.1) is 0 Å². The fraction of sp³-hybridized carbons (Fsp3) is 0.333. The third kappa shape index (κ3) is 8.30. The summed E-state index contributed by atoms with van der Waals surface area (Å²) < 4.78 is 55.5. The largest absolute Gasteiger partial charge is 0.496 e. The van der Waals surface area contributed by atoms with Crippen LogP contribution in [-0.4, -0.2) is 59.7 Å². The zero-order valence-corrected chi connectivity index (χ0v) is 26.1. The highest BCUT2D eigenvalue weighted by atomic mass is 35.5. The van der Waals surface area contributed by atoms with Gasteiger partial charge in [-0.1, -0.05) is 48.0 Å². The standard InChI is InChI=1S/C33H36ClF3N4O4/c1-19(42)15-38-17-22-9-8-21(14-28(22)44-3)31-30(34)25(12-13-40-31)24-6-5-7-26(29(24)33(35,36)37)27-11-10-23(32(41-27)45-4)18-39-16-20(2)43/h5-14,19-20,38-39,42-43H,15-18H2,1-4H3/t19-,20-/m0/s1. The molecule has 0 saturated heterocycles. The Labute approximate surface area is 265 Å². The molecule has 0 fully saturated rings. The minimum absolute atomic E-state index is 0.0484. The van der Waals surface area contributed by atoms with Crippen LogP contribution in [0.2, 0.25) is 5.02 Å². The molecule has 2 aromatic heterocycles. The number of halogens is 4. The fourth-order valence-corrected chi connectivity index (χ4v) is 5.27. The number of hydrogen-bond donors (Lipinski definition) is 4. The van der Waals surface area contributed by atoms with E-state index in [0.717, 1.165) is 5.56 Å². The minimum Gasteiger partial charge on any atom is -0.496 e. The van der Waals surface area contributed by atoms with Crippen LogP contribution in [0.1, 0.15) is 30.5 Å². The first-order valence-electron chi connectivity index (χ1n) is 14.3. The number of rotatable bonds is 13. The average molecular weight is 645 g/mol. The second-order valence-electron chi connectivity index (χ2n) is 10.6. The third-order valence-corrected chi connectivity index (χ3v) is 7.39. The number of ether oxygens (including phenoxy) is 2. The zero-order valence-electron chi connectivity index (χ0n) is 25.4. The molecule has 0 aliphatic rings. The van der Waals surface area contributed by atoms with Gasteiger partial charge >= 0.3 is 6.18 Å². The Morgan fingerprint density at radius 3 is 2.11 bits per heavy atom. The summed E-state index contributed by atoms with van der Waals surface area (Å²) in [5, 5.41) is 25.3. The molecule has 0 saturated carbocycles. The van der Waals surface area contributed by atoms with Gasteiger partial charge < -0.3 is 30.3 Å². The highest BCUT2D eigenvalue weighted by molar-refractivity contribution is 6.35. The Hall–Kier alpha value is -3.74. The van der Waals surface area contributed by atoms with E-state index in [1.807, 2.05) is 6.07 Å². The molecule has 0 unspecified atom stereocenters. The molecular formula is C33H36ClF3N4O4. The molecule has 45 heavy (non-hydrogen) atoms. The summed E-state index contributed by atoms with van der Waals surface area (Å²) in [6.07, 6.45) is -4.41. The zero-order chi connectivity index (χ0) is 32.7. The Balaban J connectivity index is 1.77. The van der Waals surface area contributed by atoms with Crippen LogP contribution in [0.25, 0.3) is 33.6 Å². The molecular weight excluding hydrogens is 609 g/mol. The number of nitrogens with one attached hydrogen (secondary N) is 2. The summed E-state index contributed by atoms with van der Waals surface area (Å²) >= 11 is 6.82. The van der Waals surface area contributed by atoms with Crippen LogP contribution in [0.3, 0.4) is 0 Å². The molecule has 0 aliphatic heterocycles. The van der Waals surface area contributed by atoms with Crippen LogP contribution < -0.4 is 20.1 Å². The van der Waals surface area contributed by atoms with Gasteiger partial charge in [-0.05, 0) is 37.6 Å². The van der Waals surface area contributed by atoms with Crippen LogP contribution >= 0.6 is 11.6 Å². The van der Waals surface area contributed by atoms with Gasteiger partial charge in [-0.25, -0.2) is 4.98 Å². The SMILES string of the molecule is COc1cc(-c2nccc(-c3cccc(-c4ccc(CNC[C@H](C)O)c(OC)n4)c3C(F)(F)F)c2Cl)ccc1CNC[C@H](C)O. The second kappa shape index (κ2) is 15.0. The smallest absolute Gasteiger partial charge is 0.417 e. The number of pyridine rings is 2. The first kappa shape index (κ1) is 34.1. The summed E-state index contributed by atoms with van der Waals surface area (Å²) in [7, 11) is 2.92. The lowest BCUT2D eigenvalue weighted by atomic mass is 9.92. The van der Waals surface area contributed by atoms with Crippen molar-refractivity contribution in [1.82, 2.24) is 20.6 Å². The molecule has 0 spiro atoms. The lowest BCUT2D eigenvalue weighted by Crippen LogP contribution is -2.24. The Bertz CT molecular complexity index is 1620. The predicted molar refractivity (Wildman–Crippen MR) is 168 cm³/mol. The van der Waals surface area contributed by atoms with E-state index in [9.17, 15) is 23.4 Å². The summed E-state index contributed by atoms with van der Waals surface area (Å²) in [6, 6.07) is 14.2. The van der Waals surface area contributed by atoms with Crippen LogP contribution in [0.15, 0.2) is 60.8 Å². The molecule has 0 aliphatic carbocycles. The molecule has 0 amide bonds. The molecule has 0 radical (unpaired) electrons. The summed E-state index contributed by atoms with van der Waals surface area (Å²) in [5.41, 5.74) is 1.41. The Morgan fingerprint density at radius 2 is 1.49 bits per heavy atom. The lowest BCUT2D eigenvalue weighted by molar-refractivity contribution is -0.136. The highest BCUT2D eigenvalue weighted by Gasteiger charge is 2.38. The van der Waals surface area contributed by atoms with E-state index in [1.54, 1.807) is 32.0 Å². The van der Waals surface area contributed by atoms with Crippen molar-refractivity contribution in [3.05, 3.63) is 82.5 Å². The number of aliphatic hydroxyl groups is 2. The maximum absolute atomic E-state index is 14.8. The van der Waals surface area contributed by atoms with Gasteiger partial charge in [0.25, 0.3) is 0 Å². The number of nitrogens with zero attached hydrogens (tertiary/aromatic N) is 2. The number of alkyl halides is 3. The molecule has 2 heterocycles. The fourth-order valence-electron chi connectivity index (χ4n) is 4.95. The Morgan fingerprint density at radius 1 is 0.844 bits per heavy atom. The van der Waals surface area contributed by atoms with Crippen molar-refractivity contribution >= 4 is 11.6 Å². The van der Waals surface area contributed by atoms with Crippen LogP contribution in [0.4, 0.5) is 13.2 Å². The number of methoxy groups -OCH3 is 2. The summed E-state index contributed by atoms with van der Waals surface area (Å²) in [4.78, 5) is 8.81. The van der Waals surface area contributed by atoms with Crippen molar-refractivity contribution in [2.24, 2.45) is 0 Å². The highest BCUT2D eigenvalue weighted by Crippen LogP contribution is 2.46. The predicted octanol–water partition coefficient (Wildman–Crippen LogP) is 6.11. The van der Waals surface area contributed by atoms with Gasteiger partial charge in [-0.3, -0.25) is 4.98 Å². The van der Waals surface area contributed by atoms with E-state index in [2.05, 4.69) is 20.6 Å². The number of hydrogen-bond acceptors (Lipinski definition) is 8. The van der Waals surface area contributed by atoms with E-state index in [-0.39, 0.29) is 33.3 Å². The van der Waals surface area contributed by atoms with Gasteiger partial charge in [0.15, 0.2) is 0 Å². The normalized spacial score (nSPS) is 13.0. The molecule has 2 aromatic carbocycles. The third-order valence-electron chi connectivity index (χ3n) is 7.01. The summed E-state index contributed by atoms with van der Waals surface area (Å²) in [5.74, 6) is 0.711. The van der Waals surface area contributed by atoms with Gasteiger partial charge in [-0.15, -0.1) is 0 Å². The first-order chi connectivity index (χ1) is 21.4. The van der Waals surface area contributed by atoms with Gasteiger partial charge in [0, 0.05) is 60.2 Å². The van der Waals surface area contributed by atoms with Crippen molar-refractivity contribution in [3.63, 3.8) is 0 Å². The van der Waals surface area contributed by atoms with E-state index < -0.39 is 23.9 Å². The monoisotopic (exact) mass is 644 g/mol. The molecule has 0 bridgehead atoms. The van der Waals surface area contributed by atoms with Crippen molar-refractivity contribution in [1.29, 1.82) is 0 Å². The molecule has 4 rings (SSSR count). The number of aliphatic hydroxyl groups excluding tert-OH is 2. The van der Waals surface area contributed by atoms with Gasteiger partial charge in [-0.2, -0.15) is 13.2 Å². The Kier molecular flexibility index (Phi) is 11.4. The maximum Gasteiger partial charge on any atom is 0.417 e. The van der Waals surface area contributed by atoms with Crippen LogP contribution in [0.5, 0.6) is 11.6 Å². The van der Waals surface area contributed by atoms with Crippen molar-refractivity contribution in [2.45, 2.75) is 45.3 Å². The van der Waals surface area contributed by atoms with E-state index in [1.165, 1.54) is 50.7 Å². The first-order valence-corrected chi connectivity index (χ1v) is 14.7. The number of aromatic nitrogens is 2. The molecule has 240 valence electrons. The van der Waals surface area contributed by atoms with Crippen LogP contribution in [-0.2, 0) is 19.3 Å². The van der Waals surface area contributed by atoms with Gasteiger partial charge in [0.2, 0.25) is 5.88 Å². The number of benzene rings is 2. The second-order valence-corrected chi connectivity index (χ2v) is 11.0. The van der Waals surface area contributed by atoms with Crippen molar-refractivity contribution < 1.29 is 32.9 Å². The lowest BCUT2D eigenvalue weighted by Gasteiger charge is -2.20.